The summed E-state index contributed by atoms with van der Waals surface area (Å²) in [7, 11) is 0. The molecule has 118 valence electrons. The Morgan fingerprint density at radius 1 is 1.25 bits per heavy atom. The van der Waals surface area contributed by atoms with Gasteiger partial charge in [-0.3, -0.25) is 0 Å². The van der Waals surface area contributed by atoms with Gasteiger partial charge in [-0.2, -0.15) is 0 Å². The van der Waals surface area contributed by atoms with E-state index in [2.05, 4.69) is 26.1 Å². The van der Waals surface area contributed by atoms with Crippen LogP contribution >= 0.6 is 34.8 Å². The summed E-state index contributed by atoms with van der Waals surface area (Å²) in [5, 5.41) is 2.80. The molecule has 2 unspecified atom stereocenters. The number of halogens is 3. The number of rotatable bonds is 3. The number of ether oxygens (including phenoxy) is 2. The normalized spacial score (nSPS) is 34.6. The minimum atomic E-state index is -1.60. The second-order valence-corrected chi connectivity index (χ2v) is 7.88. The van der Waals surface area contributed by atoms with E-state index in [1.54, 1.807) is 0 Å². The third-order valence-corrected chi connectivity index (χ3v) is 4.26. The maximum Gasteiger partial charge on any atom is 0.407 e. The van der Waals surface area contributed by atoms with Crippen molar-refractivity contribution in [3.05, 3.63) is 0 Å². The summed E-state index contributed by atoms with van der Waals surface area (Å²) in [5.74, 6) is 0.638. The van der Waals surface area contributed by atoms with E-state index in [-0.39, 0.29) is 30.8 Å². The van der Waals surface area contributed by atoms with E-state index in [0.29, 0.717) is 5.92 Å². The van der Waals surface area contributed by atoms with Gasteiger partial charge in [-0.1, -0.05) is 55.6 Å². The van der Waals surface area contributed by atoms with Crippen molar-refractivity contribution in [2.75, 3.05) is 6.61 Å². The SMILES string of the molecule is CCC1O[C@@H](C)C(NC(=O)OCC(Cl)(Cl)Cl)[C@@H](C)[C@@H]1C. The quantitative estimate of drug-likeness (QED) is 0.788. The second-order valence-electron chi connectivity index (χ2n) is 5.37. The third kappa shape index (κ3) is 5.14. The van der Waals surface area contributed by atoms with Crippen molar-refractivity contribution in [3.8, 4) is 0 Å². The molecule has 5 atom stereocenters. The Bertz CT molecular complexity index is 335. The number of carbonyl (C=O) groups is 1. The first-order valence-electron chi connectivity index (χ1n) is 6.81. The van der Waals surface area contributed by atoms with Crippen LogP contribution in [-0.2, 0) is 9.47 Å². The fraction of sp³-hybridized carbons (Fsp3) is 0.923. The summed E-state index contributed by atoms with van der Waals surface area (Å²) in [4.78, 5) is 11.7. The zero-order valence-corrected chi connectivity index (χ0v) is 14.4. The molecule has 0 aromatic carbocycles. The van der Waals surface area contributed by atoms with Crippen LogP contribution in [0.2, 0.25) is 0 Å². The van der Waals surface area contributed by atoms with Crippen LogP contribution in [0.3, 0.4) is 0 Å². The number of carbonyl (C=O) groups excluding carboxylic acids is 1. The van der Waals surface area contributed by atoms with E-state index in [4.69, 9.17) is 44.3 Å². The third-order valence-electron chi connectivity index (χ3n) is 3.93. The zero-order valence-electron chi connectivity index (χ0n) is 12.2. The van der Waals surface area contributed by atoms with Crippen molar-refractivity contribution in [3.63, 3.8) is 0 Å². The lowest BCUT2D eigenvalue weighted by atomic mass is 9.79. The predicted octanol–water partition coefficient (Wildman–Crippen LogP) is 3.92. The number of alkyl carbamates (subject to hydrolysis) is 1. The Morgan fingerprint density at radius 2 is 1.85 bits per heavy atom. The number of hydrogen-bond acceptors (Lipinski definition) is 3. The number of hydrogen-bond donors (Lipinski definition) is 1. The molecule has 0 bridgehead atoms. The van der Waals surface area contributed by atoms with Crippen LogP contribution in [0.4, 0.5) is 4.79 Å². The van der Waals surface area contributed by atoms with Crippen molar-refractivity contribution in [2.24, 2.45) is 11.8 Å². The molecule has 0 radical (unpaired) electrons. The second kappa shape index (κ2) is 7.39. The molecule has 1 saturated heterocycles. The lowest BCUT2D eigenvalue weighted by Crippen LogP contribution is -2.56. The molecule has 4 nitrogen and oxygen atoms in total. The highest BCUT2D eigenvalue weighted by atomic mass is 35.6. The molecule has 1 N–H and O–H groups in total. The van der Waals surface area contributed by atoms with Gasteiger partial charge in [-0.15, -0.1) is 0 Å². The Hall–Kier alpha value is 0.1000. The van der Waals surface area contributed by atoms with Gasteiger partial charge in [0.05, 0.1) is 18.2 Å². The van der Waals surface area contributed by atoms with Crippen molar-refractivity contribution in [1.82, 2.24) is 5.32 Å². The number of alkyl halides is 3. The molecule has 20 heavy (non-hydrogen) atoms. The molecule has 0 spiro atoms. The Kier molecular flexibility index (Phi) is 6.71. The van der Waals surface area contributed by atoms with E-state index in [1.165, 1.54) is 0 Å². The predicted molar refractivity (Wildman–Crippen MR) is 81.5 cm³/mol. The van der Waals surface area contributed by atoms with E-state index < -0.39 is 9.89 Å². The maximum absolute atomic E-state index is 11.7. The van der Waals surface area contributed by atoms with Gasteiger partial charge in [0.1, 0.15) is 6.61 Å². The fourth-order valence-electron chi connectivity index (χ4n) is 2.62. The smallest absolute Gasteiger partial charge is 0.407 e. The highest BCUT2D eigenvalue weighted by molar-refractivity contribution is 6.67. The average molecular weight is 347 g/mol. The molecule has 1 fully saturated rings. The Morgan fingerprint density at radius 3 is 2.35 bits per heavy atom. The molecule has 0 saturated carbocycles. The van der Waals surface area contributed by atoms with Crippen LogP contribution in [0.15, 0.2) is 0 Å². The van der Waals surface area contributed by atoms with Crippen LogP contribution in [0, 0.1) is 11.8 Å². The van der Waals surface area contributed by atoms with E-state index >= 15 is 0 Å². The summed E-state index contributed by atoms with van der Waals surface area (Å²) in [6.45, 7) is 8.00. The monoisotopic (exact) mass is 345 g/mol. The first-order chi connectivity index (χ1) is 9.15. The van der Waals surface area contributed by atoms with Gasteiger partial charge in [-0.05, 0) is 25.2 Å². The molecule has 1 heterocycles. The summed E-state index contributed by atoms with van der Waals surface area (Å²) in [6, 6.07) is -0.115. The average Bonchev–Trinajstić information content (AvgIpc) is 2.35. The van der Waals surface area contributed by atoms with Gasteiger partial charge in [0, 0.05) is 0 Å². The van der Waals surface area contributed by atoms with Gasteiger partial charge in [0.15, 0.2) is 0 Å². The topological polar surface area (TPSA) is 47.6 Å². The van der Waals surface area contributed by atoms with Gasteiger partial charge in [0.2, 0.25) is 3.79 Å². The molecule has 1 aliphatic heterocycles. The largest absolute Gasteiger partial charge is 0.445 e. The minimum absolute atomic E-state index is 0.0774. The van der Waals surface area contributed by atoms with Crippen LogP contribution in [-0.4, -0.2) is 34.7 Å². The Balaban J connectivity index is 2.56. The molecule has 0 aliphatic carbocycles. The lowest BCUT2D eigenvalue weighted by molar-refractivity contribution is -0.112. The molecular formula is C13H22Cl3NO3. The van der Waals surface area contributed by atoms with Crippen molar-refractivity contribution in [2.45, 2.75) is 56.2 Å². The van der Waals surface area contributed by atoms with Crippen LogP contribution in [0.25, 0.3) is 0 Å². The molecule has 7 heteroatoms. The first kappa shape index (κ1) is 18.1. The van der Waals surface area contributed by atoms with E-state index in [9.17, 15) is 4.79 Å². The van der Waals surface area contributed by atoms with Crippen molar-refractivity contribution >= 4 is 40.9 Å². The summed E-state index contributed by atoms with van der Waals surface area (Å²) in [5.41, 5.74) is 0. The van der Waals surface area contributed by atoms with Crippen LogP contribution < -0.4 is 5.32 Å². The molecule has 0 aromatic heterocycles. The maximum atomic E-state index is 11.7. The van der Waals surface area contributed by atoms with Crippen molar-refractivity contribution < 1.29 is 14.3 Å². The van der Waals surface area contributed by atoms with E-state index in [1.807, 2.05) is 6.92 Å². The highest BCUT2D eigenvalue weighted by Gasteiger charge is 2.39. The van der Waals surface area contributed by atoms with Gasteiger partial charge < -0.3 is 14.8 Å². The number of nitrogens with one attached hydrogen (secondary N) is 1. The summed E-state index contributed by atoms with van der Waals surface area (Å²) in [6.07, 6.45) is 0.507. The van der Waals surface area contributed by atoms with Crippen molar-refractivity contribution in [1.29, 1.82) is 0 Å². The highest BCUT2D eigenvalue weighted by Crippen LogP contribution is 2.32. The summed E-state index contributed by atoms with van der Waals surface area (Å²) < 4.78 is 9.22. The molecule has 1 aliphatic rings. The number of amides is 1. The zero-order chi connectivity index (χ0) is 15.5. The molecule has 1 rings (SSSR count). The molecular weight excluding hydrogens is 325 g/mol. The lowest BCUT2D eigenvalue weighted by Gasteiger charge is -2.43. The first-order valence-corrected chi connectivity index (χ1v) is 7.94. The standard InChI is InChI=1S/C13H22Cl3NO3/c1-5-10-7(2)8(3)11(9(4)20-10)17-12(18)19-6-13(14,15)16/h7-11H,5-6H2,1-4H3,(H,17,18)/t7-,8-,9-,10?,11?/m0/s1. The fourth-order valence-corrected chi connectivity index (χ4v) is 2.78. The van der Waals surface area contributed by atoms with Gasteiger partial charge in [-0.25, -0.2) is 4.79 Å². The van der Waals surface area contributed by atoms with Crippen LogP contribution in [0.5, 0.6) is 0 Å². The van der Waals surface area contributed by atoms with Gasteiger partial charge >= 0.3 is 6.09 Å². The van der Waals surface area contributed by atoms with Gasteiger partial charge in [0.25, 0.3) is 0 Å². The molecule has 1 amide bonds. The minimum Gasteiger partial charge on any atom is -0.445 e. The molecule has 0 aromatic rings. The van der Waals surface area contributed by atoms with E-state index in [0.717, 1.165) is 6.42 Å². The summed E-state index contributed by atoms with van der Waals surface area (Å²) >= 11 is 16.6. The Labute approximate surface area is 135 Å². The van der Waals surface area contributed by atoms with Crippen LogP contribution in [0.1, 0.15) is 34.1 Å².